The van der Waals surface area contributed by atoms with Gasteiger partial charge < -0.3 is 14.8 Å². The highest BCUT2D eigenvalue weighted by Gasteiger charge is 2.27. The van der Waals surface area contributed by atoms with Gasteiger partial charge in [0.15, 0.2) is 11.5 Å². The molecule has 0 spiro atoms. The molecule has 1 aliphatic carbocycles. The van der Waals surface area contributed by atoms with Gasteiger partial charge in [-0.2, -0.15) is 0 Å². The summed E-state index contributed by atoms with van der Waals surface area (Å²) in [6.07, 6.45) is 5.34. The first-order valence-electron chi connectivity index (χ1n) is 7.43. The average molecular weight is 261 g/mol. The van der Waals surface area contributed by atoms with Crippen LogP contribution >= 0.6 is 0 Å². The topological polar surface area (TPSA) is 30.5 Å². The van der Waals surface area contributed by atoms with Crippen LogP contribution in [0.5, 0.6) is 11.5 Å². The van der Waals surface area contributed by atoms with Crippen molar-refractivity contribution >= 4 is 0 Å². The number of fused-ring (bicyclic) bond motifs is 1. The van der Waals surface area contributed by atoms with E-state index in [0.717, 1.165) is 17.4 Å². The minimum absolute atomic E-state index is 0.348. The lowest BCUT2D eigenvalue weighted by Crippen LogP contribution is -2.34. The largest absolute Gasteiger partial charge is 0.454 e. The van der Waals surface area contributed by atoms with Gasteiger partial charge >= 0.3 is 0 Å². The SMILES string of the molecule is CCC1CCCC1NC(C)c1ccc2c(c1)OCO2. The predicted molar refractivity (Wildman–Crippen MR) is 75.5 cm³/mol. The van der Waals surface area contributed by atoms with E-state index in [2.05, 4.69) is 31.3 Å². The molecular weight excluding hydrogens is 238 g/mol. The van der Waals surface area contributed by atoms with Crippen molar-refractivity contribution in [2.45, 2.75) is 51.6 Å². The fraction of sp³-hybridized carbons (Fsp3) is 0.625. The standard InChI is InChI=1S/C16H23NO2/c1-3-12-5-4-6-14(12)17-11(2)13-7-8-15-16(9-13)19-10-18-15/h7-9,11-12,14,17H,3-6,10H2,1-2H3. The molecular formula is C16H23NO2. The fourth-order valence-electron chi connectivity index (χ4n) is 3.34. The van der Waals surface area contributed by atoms with Crippen molar-refractivity contribution in [1.29, 1.82) is 0 Å². The molecule has 0 bridgehead atoms. The third kappa shape index (κ3) is 2.57. The van der Waals surface area contributed by atoms with Crippen LogP contribution in [0.4, 0.5) is 0 Å². The van der Waals surface area contributed by atoms with Gasteiger partial charge in [0.2, 0.25) is 6.79 Å². The van der Waals surface area contributed by atoms with Crippen molar-refractivity contribution in [3.05, 3.63) is 23.8 Å². The van der Waals surface area contributed by atoms with Gasteiger partial charge in [0.25, 0.3) is 0 Å². The molecule has 1 saturated carbocycles. The lowest BCUT2D eigenvalue weighted by Gasteiger charge is -2.24. The van der Waals surface area contributed by atoms with Gasteiger partial charge in [0, 0.05) is 12.1 Å². The summed E-state index contributed by atoms with van der Waals surface area (Å²) in [6, 6.07) is 7.30. The molecule has 2 aliphatic rings. The number of ether oxygens (including phenoxy) is 2. The molecule has 0 aromatic heterocycles. The van der Waals surface area contributed by atoms with Crippen LogP contribution in [-0.2, 0) is 0 Å². The number of rotatable bonds is 4. The third-order valence-electron chi connectivity index (χ3n) is 4.54. The van der Waals surface area contributed by atoms with Crippen LogP contribution in [0.25, 0.3) is 0 Å². The Morgan fingerprint density at radius 1 is 1.26 bits per heavy atom. The Kier molecular flexibility index (Phi) is 3.65. The van der Waals surface area contributed by atoms with Crippen LogP contribution in [0, 0.1) is 5.92 Å². The molecule has 3 unspecified atom stereocenters. The summed E-state index contributed by atoms with van der Waals surface area (Å²) in [4.78, 5) is 0. The molecule has 1 aromatic rings. The molecule has 0 radical (unpaired) electrons. The lowest BCUT2D eigenvalue weighted by atomic mass is 9.98. The highest BCUT2D eigenvalue weighted by atomic mass is 16.7. The predicted octanol–water partition coefficient (Wildman–Crippen LogP) is 3.64. The first-order valence-corrected chi connectivity index (χ1v) is 7.43. The van der Waals surface area contributed by atoms with Crippen molar-refractivity contribution < 1.29 is 9.47 Å². The minimum atomic E-state index is 0.348. The van der Waals surface area contributed by atoms with Gasteiger partial charge in [-0.1, -0.05) is 25.8 Å². The van der Waals surface area contributed by atoms with Crippen LogP contribution in [0.3, 0.4) is 0 Å². The highest BCUT2D eigenvalue weighted by molar-refractivity contribution is 5.45. The summed E-state index contributed by atoms with van der Waals surface area (Å²) in [6.45, 7) is 4.89. The zero-order chi connectivity index (χ0) is 13.2. The van der Waals surface area contributed by atoms with E-state index in [-0.39, 0.29) is 0 Å². The van der Waals surface area contributed by atoms with Crippen molar-refractivity contribution in [1.82, 2.24) is 5.32 Å². The lowest BCUT2D eigenvalue weighted by molar-refractivity contribution is 0.174. The summed E-state index contributed by atoms with van der Waals surface area (Å²) in [5.41, 5.74) is 1.28. The van der Waals surface area contributed by atoms with Crippen LogP contribution in [-0.4, -0.2) is 12.8 Å². The monoisotopic (exact) mass is 261 g/mol. The summed E-state index contributed by atoms with van der Waals surface area (Å²) in [5.74, 6) is 2.59. The van der Waals surface area contributed by atoms with Crippen molar-refractivity contribution in [2.24, 2.45) is 5.92 Å². The Balaban J connectivity index is 1.68. The van der Waals surface area contributed by atoms with Crippen molar-refractivity contribution in [2.75, 3.05) is 6.79 Å². The Morgan fingerprint density at radius 3 is 2.95 bits per heavy atom. The maximum atomic E-state index is 5.45. The molecule has 0 saturated heterocycles. The summed E-state index contributed by atoms with van der Waals surface area (Å²) >= 11 is 0. The molecule has 3 heteroatoms. The summed E-state index contributed by atoms with van der Waals surface area (Å²) < 4.78 is 10.8. The molecule has 19 heavy (non-hydrogen) atoms. The van der Waals surface area contributed by atoms with E-state index in [0.29, 0.717) is 18.9 Å². The van der Waals surface area contributed by atoms with E-state index in [1.165, 1.54) is 31.2 Å². The van der Waals surface area contributed by atoms with E-state index in [1.54, 1.807) is 0 Å². The molecule has 104 valence electrons. The number of nitrogens with one attached hydrogen (secondary N) is 1. The normalized spacial score (nSPS) is 26.6. The van der Waals surface area contributed by atoms with E-state index in [9.17, 15) is 0 Å². The second kappa shape index (κ2) is 5.41. The Labute approximate surface area is 115 Å². The van der Waals surface area contributed by atoms with Gasteiger partial charge in [0.05, 0.1) is 0 Å². The molecule has 1 fully saturated rings. The minimum Gasteiger partial charge on any atom is -0.454 e. The smallest absolute Gasteiger partial charge is 0.231 e. The van der Waals surface area contributed by atoms with Gasteiger partial charge in [-0.15, -0.1) is 0 Å². The second-order valence-corrected chi connectivity index (χ2v) is 5.71. The maximum absolute atomic E-state index is 5.45. The molecule has 0 amide bonds. The molecule has 1 aliphatic heterocycles. The summed E-state index contributed by atoms with van der Waals surface area (Å²) in [5, 5.41) is 3.79. The Bertz CT molecular complexity index is 446. The second-order valence-electron chi connectivity index (χ2n) is 5.71. The van der Waals surface area contributed by atoms with Gasteiger partial charge in [0.1, 0.15) is 0 Å². The number of hydrogen-bond acceptors (Lipinski definition) is 3. The van der Waals surface area contributed by atoms with E-state index >= 15 is 0 Å². The summed E-state index contributed by atoms with van der Waals surface area (Å²) in [7, 11) is 0. The molecule has 3 nitrogen and oxygen atoms in total. The fourth-order valence-corrected chi connectivity index (χ4v) is 3.34. The zero-order valence-electron chi connectivity index (χ0n) is 11.8. The van der Waals surface area contributed by atoms with E-state index in [4.69, 9.17) is 9.47 Å². The molecule has 1 aromatic carbocycles. The quantitative estimate of drug-likeness (QED) is 0.897. The van der Waals surface area contributed by atoms with Gasteiger partial charge in [-0.25, -0.2) is 0 Å². The Morgan fingerprint density at radius 2 is 2.11 bits per heavy atom. The molecule has 3 rings (SSSR count). The highest BCUT2D eigenvalue weighted by Crippen LogP contribution is 2.35. The molecule has 1 heterocycles. The first kappa shape index (κ1) is 12.8. The van der Waals surface area contributed by atoms with Crippen LogP contribution in [0.15, 0.2) is 18.2 Å². The maximum Gasteiger partial charge on any atom is 0.231 e. The van der Waals surface area contributed by atoms with Crippen LogP contribution < -0.4 is 14.8 Å². The third-order valence-corrected chi connectivity index (χ3v) is 4.54. The van der Waals surface area contributed by atoms with E-state index in [1.807, 2.05) is 6.07 Å². The number of hydrogen-bond donors (Lipinski definition) is 1. The van der Waals surface area contributed by atoms with Crippen LogP contribution in [0.1, 0.15) is 51.1 Å². The van der Waals surface area contributed by atoms with Crippen molar-refractivity contribution in [3.63, 3.8) is 0 Å². The van der Waals surface area contributed by atoms with Gasteiger partial charge in [-0.05, 0) is 43.4 Å². The first-order chi connectivity index (χ1) is 9.28. The molecule has 1 N–H and O–H groups in total. The average Bonchev–Trinajstić information content (AvgIpc) is 3.05. The molecule has 3 atom stereocenters. The zero-order valence-corrected chi connectivity index (χ0v) is 11.8. The van der Waals surface area contributed by atoms with Crippen LogP contribution in [0.2, 0.25) is 0 Å². The van der Waals surface area contributed by atoms with Gasteiger partial charge in [-0.3, -0.25) is 0 Å². The Hall–Kier alpha value is -1.22. The van der Waals surface area contributed by atoms with Crippen molar-refractivity contribution in [3.8, 4) is 11.5 Å². The number of benzene rings is 1. The van der Waals surface area contributed by atoms with E-state index < -0.39 is 0 Å².